The smallest absolute Gasteiger partial charge is 0.382 e. The zero-order valence-electron chi connectivity index (χ0n) is 8.42. The Hall–Kier alpha value is -1.50. The molecule has 0 atom stereocenters. The minimum Gasteiger partial charge on any atom is -0.382 e. The highest BCUT2D eigenvalue weighted by Gasteiger charge is 2.27. The fraction of sp³-hybridized carbons (Fsp3) is 0.444. The summed E-state index contributed by atoms with van der Waals surface area (Å²) in [6.07, 6.45) is -2.76. The second-order valence-corrected chi connectivity index (χ2v) is 3.03. The molecule has 16 heavy (non-hydrogen) atoms. The fourth-order valence-electron chi connectivity index (χ4n) is 1.01. The maximum absolute atomic E-state index is 11.7. The molecule has 0 aliphatic heterocycles. The van der Waals surface area contributed by atoms with Gasteiger partial charge in [0.25, 0.3) is 0 Å². The molecule has 3 N–H and O–H groups in total. The van der Waals surface area contributed by atoms with Gasteiger partial charge in [0.15, 0.2) is 0 Å². The zero-order chi connectivity index (χ0) is 12.0. The molecule has 0 bridgehead atoms. The first-order chi connectivity index (χ1) is 7.49. The van der Waals surface area contributed by atoms with E-state index in [0.29, 0.717) is 11.5 Å². The van der Waals surface area contributed by atoms with E-state index >= 15 is 0 Å². The third-order valence-corrected chi connectivity index (χ3v) is 1.67. The van der Waals surface area contributed by atoms with Crippen molar-refractivity contribution in [2.24, 2.45) is 0 Å². The molecular formula is C9H12F3N3O. The minimum atomic E-state index is -4.28. The topological polar surface area (TPSA) is 60.2 Å². The van der Waals surface area contributed by atoms with E-state index in [2.05, 4.69) is 15.0 Å². The number of rotatable bonds is 5. The third kappa shape index (κ3) is 4.83. The van der Waals surface area contributed by atoms with E-state index in [1.54, 1.807) is 12.1 Å². The number of nitrogens with one attached hydrogen (secondary N) is 1. The summed E-state index contributed by atoms with van der Waals surface area (Å²) in [7, 11) is 0. The Balaban J connectivity index is 2.19. The van der Waals surface area contributed by atoms with Crippen molar-refractivity contribution in [2.45, 2.75) is 6.18 Å². The molecule has 1 aromatic rings. The maximum atomic E-state index is 11.7. The molecule has 0 unspecified atom stereocenters. The van der Waals surface area contributed by atoms with Crippen LogP contribution in [0.1, 0.15) is 0 Å². The molecule has 7 heteroatoms. The molecule has 0 aliphatic carbocycles. The SMILES string of the molecule is Nc1ncccc1NCCOCC(F)(F)F. The lowest BCUT2D eigenvalue weighted by atomic mass is 10.4. The summed E-state index contributed by atoms with van der Waals surface area (Å²) in [5.74, 6) is 0.304. The number of aromatic nitrogens is 1. The Morgan fingerprint density at radius 3 is 2.81 bits per heavy atom. The van der Waals surface area contributed by atoms with Crippen LogP contribution in [-0.2, 0) is 4.74 Å². The van der Waals surface area contributed by atoms with Gasteiger partial charge in [-0.05, 0) is 12.1 Å². The monoisotopic (exact) mass is 235 g/mol. The lowest BCUT2D eigenvalue weighted by Gasteiger charge is -2.10. The lowest BCUT2D eigenvalue weighted by Crippen LogP contribution is -2.20. The van der Waals surface area contributed by atoms with Crippen LogP contribution >= 0.6 is 0 Å². The highest BCUT2D eigenvalue weighted by Crippen LogP contribution is 2.15. The van der Waals surface area contributed by atoms with Crippen molar-refractivity contribution < 1.29 is 17.9 Å². The van der Waals surface area contributed by atoms with Gasteiger partial charge in [-0.3, -0.25) is 0 Å². The number of hydrogen-bond donors (Lipinski definition) is 2. The number of nitrogens with two attached hydrogens (primary N) is 1. The molecule has 0 spiro atoms. The molecular weight excluding hydrogens is 223 g/mol. The van der Waals surface area contributed by atoms with E-state index in [1.165, 1.54) is 6.20 Å². The number of ether oxygens (including phenoxy) is 1. The summed E-state index contributed by atoms with van der Waals surface area (Å²) in [5.41, 5.74) is 6.09. The van der Waals surface area contributed by atoms with Gasteiger partial charge in [0.05, 0.1) is 12.3 Å². The van der Waals surface area contributed by atoms with Crippen molar-refractivity contribution in [3.63, 3.8) is 0 Å². The highest BCUT2D eigenvalue weighted by atomic mass is 19.4. The Bertz CT molecular complexity index is 330. The molecule has 0 saturated heterocycles. The van der Waals surface area contributed by atoms with Gasteiger partial charge >= 0.3 is 6.18 Å². The molecule has 0 aliphatic rings. The van der Waals surface area contributed by atoms with E-state index < -0.39 is 12.8 Å². The van der Waals surface area contributed by atoms with Crippen molar-refractivity contribution in [2.75, 3.05) is 30.8 Å². The van der Waals surface area contributed by atoms with Crippen molar-refractivity contribution in [3.8, 4) is 0 Å². The molecule has 0 aromatic carbocycles. The summed E-state index contributed by atoms with van der Waals surface area (Å²) >= 11 is 0. The van der Waals surface area contributed by atoms with E-state index in [1.807, 2.05) is 0 Å². The predicted molar refractivity (Wildman–Crippen MR) is 54.0 cm³/mol. The largest absolute Gasteiger partial charge is 0.411 e. The molecule has 1 rings (SSSR count). The molecule has 0 radical (unpaired) electrons. The molecule has 0 amide bonds. The standard InChI is InChI=1S/C9H12F3N3O/c10-9(11,12)6-16-5-4-14-7-2-1-3-15-8(7)13/h1-3,14H,4-6H2,(H2,13,15). The number of hydrogen-bond acceptors (Lipinski definition) is 4. The van der Waals surface area contributed by atoms with Crippen LogP contribution in [0.2, 0.25) is 0 Å². The van der Waals surface area contributed by atoms with Crippen molar-refractivity contribution in [3.05, 3.63) is 18.3 Å². The van der Waals surface area contributed by atoms with Crippen LogP contribution in [0, 0.1) is 0 Å². The zero-order valence-corrected chi connectivity index (χ0v) is 8.42. The van der Waals surface area contributed by atoms with Crippen LogP contribution in [0.15, 0.2) is 18.3 Å². The first kappa shape index (κ1) is 12.6. The number of nitrogen functional groups attached to an aromatic ring is 1. The van der Waals surface area contributed by atoms with E-state index in [4.69, 9.17) is 5.73 Å². The van der Waals surface area contributed by atoms with E-state index in [-0.39, 0.29) is 13.2 Å². The van der Waals surface area contributed by atoms with Crippen LogP contribution in [0.5, 0.6) is 0 Å². The van der Waals surface area contributed by atoms with Crippen LogP contribution in [-0.4, -0.2) is 30.9 Å². The van der Waals surface area contributed by atoms with Crippen molar-refractivity contribution in [1.82, 2.24) is 4.98 Å². The number of nitrogens with zero attached hydrogens (tertiary/aromatic N) is 1. The summed E-state index contributed by atoms with van der Waals surface area (Å²) < 4.78 is 39.5. The third-order valence-electron chi connectivity index (χ3n) is 1.67. The molecule has 1 heterocycles. The van der Waals surface area contributed by atoms with Crippen LogP contribution in [0.3, 0.4) is 0 Å². The van der Waals surface area contributed by atoms with Gasteiger partial charge in [-0.2, -0.15) is 13.2 Å². The van der Waals surface area contributed by atoms with Crippen LogP contribution < -0.4 is 11.1 Å². The highest BCUT2D eigenvalue weighted by molar-refractivity contribution is 5.60. The van der Waals surface area contributed by atoms with E-state index in [0.717, 1.165) is 0 Å². The van der Waals surface area contributed by atoms with Gasteiger partial charge in [-0.15, -0.1) is 0 Å². The average Bonchev–Trinajstić information content (AvgIpc) is 2.18. The first-order valence-electron chi connectivity index (χ1n) is 4.58. The maximum Gasteiger partial charge on any atom is 0.411 e. The predicted octanol–water partition coefficient (Wildman–Crippen LogP) is 1.65. The van der Waals surface area contributed by atoms with Gasteiger partial charge in [0.1, 0.15) is 12.4 Å². The fourth-order valence-corrected chi connectivity index (χ4v) is 1.01. The second-order valence-electron chi connectivity index (χ2n) is 3.03. The van der Waals surface area contributed by atoms with Gasteiger partial charge in [-0.1, -0.05) is 0 Å². The summed E-state index contributed by atoms with van der Waals surface area (Å²) in [6.45, 7) is -1.04. The van der Waals surface area contributed by atoms with Gasteiger partial charge in [0.2, 0.25) is 0 Å². The summed E-state index contributed by atoms with van der Waals surface area (Å²) in [5, 5.41) is 2.82. The number of pyridine rings is 1. The number of halogens is 3. The van der Waals surface area contributed by atoms with Crippen molar-refractivity contribution >= 4 is 11.5 Å². The minimum absolute atomic E-state index is 0.0478. The quantitative estimate of drug-likeness (QED) is 0.762. The Labute approximate surface area is 90.6 Å². The Kier molecular flexibility index (Phi) is 4.36. The molecule has 4 nitrogen and oxygen atoms in total. The van der Waals surface area contributed by atoms with Crippen molar-refractivity contribution in [1.29, 1.82) is 0 Å². The normalized spacial score (nSPS) is 11.4. The summed E-state index contributed by atoms with van der Waals surface area (Å²) in [6, 6.07) is 3.36. The number of alkyl halides is 3. The Morgan fingerprint density at radius 1 is 1.44 bits per heavy atom. The summed E-state index contributed by atoms with van der Waals surface area (Å²) in [4.78, 5) is 3.81. The van der Waals surface area contributed by atoms with Gasteiger partial charge in [-0.25, -0.2) is 4.98 Å². The molecule has 0 fully saturated rings. The lowest BCUT2D eigenvalue weighted by molar-refractivity contribution is -0.172. The molecule has 0 saturated carbocycles. The van der Waals surface area contributed by atoms with E-state index in [9.17, 15) is 13.2 Å². The second kappa shape index (κ2) is 5.55. The van der Waals surface area contributed by atoms with Gasteiger partial charge in [0, 0.05) is 12.7 Å². The molecule has 90 valence electrons. The van der Waals surface area contributed by atoms with Crippen LogP contribution in [0.4, 0.5) is 24.7 Å². The van der Waals surface area contributed by atoms with Gasteiger partial charge < -0.3 is 15.8 Å². The Morgan fingerprint density at radius 2 is 2.19 bits per heavy atom. The van der Waals surface area contributed by atoms with Crippen LogP contribution in [0.25, 0.3) is 0 Å². The average molecular weight is 235 g/mol. The first-order valence-corrected chi connectivity index (χ1v) is 4.58. The molecule has 1 aromatic heterocycles. The number of anilines is 2.